The highest BCUT2D eigenvalue weighted by Gasteiger charge is 1.95. The average Bonchev–Trinajstić information content (AvgIpc) is 2.28. The van der Waals surface area contributed by atoms with E-state index in [-0.39, 0.29) is 0 Å². The van der Waals surface area contributed by atoms with Crippen molar-refractivity contribution in [3.63, 3.8) is 0 Å². The SMILES string of the molecule is Brc1cncc(NCc2ccccc2)n1. The molecule has 1 aromatic carbocycles. The van der Waals surface area contributed by atoms with Gasteiger partial charge in [0.15, 0.2) is 0 Å². The van der Waals surface area contributed by atoms with Crippen LogP contribution in [0, 0.1) is 0 Å². The van der Waals surface area contributed by atoms with Crippen LogP contribution in [0.4, 0.5) is 5.82 Å². The number of benzene rings is 1. The largest absolute Gasteiger partial charge is 0.365 e. The van der Waals surface area contributed by atoms with Gasteiger partial charge in [0.1, 0.15) is 10.4 Å². The molecule has 0 fully saturated rings. The Morgan fingerprint density at radius 2 is 1.93 bits per heavy atom. The minimum Gasteiger partial charge on any atom is -0.365 e. The van der Waals surface area contributed by atoms with Gasteiger partial charge >= 0.3 is 0 Å². The Balaban J connectivity index is 1.99. The van der Waals surface area contributed by atoms with Gasteiger partial charge in [0, 0.05) is 6.54 Å². The minimum atomic E-state index is 0.737. The first-order chi connectivity index (χ1) is 7.34. The van der Waals surface area contributed by atoms with Gasteiger partial charge in [-0.2, -0.15) is 0 Å². The van der Waals surface area contributed by atoms with Crippen LogP contribution in [-0.4, -0.2) is 9.97 Å². The lowest BCUT2D eigenvalue weighted by atomic mass is 10.2. The average molecular weight is 264 g/mol. The van der Waals surface area contributed by atoms with Crippen molar-refractivity contribution in [2.75, 3.05) is 5.32 Å². The van der Waals surface area contributed by atoms with Gasteiger partial charge in [-0.15, -0.1) is 0 Å². The van der Waals surface area contributed by atoms with E-state index in [1.807, 2.05) is 18.2 Å². The Labute approximate surface area is 96.7 Å². The molecule has 0 bridgehead atoms. The lowest BCUT2D eigenvalue weighted by Crippen LogP contribution is -2.01. The van der Waals surface area contributed by atoms with Crippen LogP contribution in [0.15, 0.2) is 47.3 Å². The second-order valence-corrected chi connectivity index (χ2v) is 3.88. The number of nitrogens with zero attached hydrogens (tertiary/aromatic N) is 2. The first-order valence-corrected chi connectivity index (χ1v) is 5.39. The van der Waals surface area contributed by atoms with Gasteiger partial charge in [0.2, 0.25) is 0 Å². The Hall–Kier alpha value is -1.42. The first-order valence-electron chi connectivity index (χ1n) is 4.60. The molecular formula is C11H10BrN3. The summed E-state index contributed by atoms with van der Waals surface area (Å²) in [5.74, 6) is 0.772. The fraction of sp³-hybridized carbons (Fsp3) is 0.0909. The van der Waals surface area contributed by atoms with Crippen molar-refractivity contribution in [1.29, 1.82) is 0 Å². The molecule has 15 heavy (non-hydrogen) atoms. The Kier molecular flexibility index (Phi) is 3.29. The molecule has 76 valence electrons. The van der Waals surface area contributed by atoms with Crippen molar-refractivity contribution in [3.8, 4) is 0 Å². The molecule has 2 rings (SSSR count). The van der Waals surface area contributed by atoms with Crippen LogP contribution in [0.1, 0.15) is 5.56 Å². The summed E-state index contributed by atoms with van der Waals surface area (Å²) in [6.45, 7) is 0.756. The van der Waals surface area contributed by atoms with Crippen LogP contribution in [-0.2, 0) is 6.54 Å². The molecular weight excluding hydrogens is 254 g/mol. The van der Waals surface area contributed by atoms with Crippen LogP contribution in [0.3, 0.4) is 0 Å². The number of nitrogens with one attached hydrogen (secondary N) is 1. The van der Waals surface area contributed by atoms with Crippen LogP contribution in [0.2, 0.25) is 0 Å². The molecule has 0 aliphatic carbocycles. The molecule has 0 saturated heterocycles. The lowest BCUT2D eigenvalue weighted by molar-refractivity contribution is 1.07. The second kappa shape index (κ2) is 4.89. The molecule has 2 aromatic rings. The van der Waals surface area contributed by atoms with E-state index in [1.165, 1.54) is 5.56 Å². The predicted octanol–water partition coefficient (Wildman–Crippen LogP) is 2.85. The molecule has 1 heterocycles. The van der Waals surface area contributed by atoms with Crippen LogP contribution in [0.25, 0.3) is 0 Å². The predicted molar refractivity (Wildman–Crippen MR) is 63.5 cm³/mol. The molecule has 3 nitrogen and oxygen atoms in total. The van der Waals surface area contributed by atoms with Gasteiger partial charge in [-0.25, -0.2) is 4.98 Å². The van der Waals surface area contributed by atoms with Crippen molar-refractivity contribution < 1.29 is 0 Å². The zero-order chi connectivity index (χ0) is 10.5. The second-order valence-electron chi connectivity index (χ2n) is 3.07. The molecule has 0 radical (unpaired) electrons. The number of halogens is 1. The maximum Gasteiger partial charge on any atom is 0.146 e. The molecule has 1 aromatic heterocycles. The van der Waals surface area contributed by atoms with Crippen LogP contribution >= 0.6 is 15.9 Å². The summed E-state index contributed by atoms with van der Waals surface area (Å²) in [6.07, 6.45) is 3.36. The van der Waals surface area contributed by atoms with Crippen molar-refractivity contribution in [1.82, 2.24) is 9.97 Å². The number of aromatic nitrogens is 2. The van der Waals surface area contributed by atoms with Crippen molar-refractivity contribution in [2.45, 2.75) is 6.54 Å². The molecule has 0 aliphatic heterocycles. The first kappa shape index (κ1) is 10.1. The van der Waals surface area contributed by atoms with Gasteiger partial charge in [0.05, 0.1) is 12.4 Å². The molecule has 0 saturated carbocycles. The number of hydrogen-bond acceptors (Lipinski definition) is 3. The molecule has 1 N–H and O–H groups in total. The van der Waals surface area contributed by atoms with Gasteiger partial charge in [-0.1, -0.05) is 30.3 Å². The number of anilines is 1. The zero-order valence-electron chi connectivity index (χ0n) is 8.02. The molecule has 0 spiro atoms. The van der Waals surface area contributed by atoms with E-state index in [0.29, 0.717) is 0 Å². The highest BCUT2D eigenvalue weighted by molar-refractivity contribution is 9.10. The van der Waals surface area contributed by atoms with Crippen LogP contribution in [0.5, 0.6) is 0 Å². The normalized spacial score (nSPS) is 9.93. The minimum absolute atomic E-state index is 0.737. The third kappa shape index (κ3) is 3.02. The van der Waals surface area contributed by atoms with E-state index in [1.54, 1.807) is 12.4 Å². The fourth-order valence-corrected chi connectivity index (χ4v) is 1.53. The smallest absolute Gasteiger partial charge is 0.146 e. The van der Waals surface area contributed by atoms with E-state index in [2.05, 4.69) is 43.3 Å². The van der Waals surface area contributed by atoms with E-state index in [9.17, 15) is 0 Å². The Morgan fingerprint density at radius 3 is 2.67 bits per heavy atom. The van der Waals surface area contributed by atoms with E-state index in [0.717, 1.165) is 17.0 Å². The molecule has 0 amide bonds. The molecule has 0 aliphatic rings. The third-order valence-electron chi connectivity index (χ3n) is 1.92. The zero-order valence-corrected chi connectivity index (χ0v) is 9.61. The van der Waals surface area contributed by atoms with E-state index >= 15 is 0 Å². The van der Waals surface area contributed by atoms with Gasteiger partial charge < -0.3 is 5.32 Å². The molecule has 0 atom stereocenters. The molecule has 4 heteroatoms. The summed E-state index contributed by atoms with van der Waals surface area (Å²) >= 11 is 3.27. The third-order valence-corrected chi connectivity index (χ3v) is 2.30. The standard InChI is InChI=1S/C11H10BrN3/c12-10-7-13-8-11(15-10)14-6-9-4-2-1-3-5-9/h1-5,7-8H,6H2,(H,14,15). The molecule has 0 unspecified atom stereocenters. The summed E-state index contributed by atoms with van der Waals surface area (Å²) in [5, 5.41) is 3.20. The fourth-order valence-electron chi connectivity index (χ4n) is 1.22. The van der Waals surface area contributed by atoms with E-state index in [4.69, 9.17) is 0 Å². The van der Waals surface area contributed by atoms with Crippen molar-refractivity contribution in [2.24, 2.45) is 0 Å². The van der Waals surface area contributed by atoms with Gasteiger partial charge in [-0.3, -0.25) is 4.98 Å². The van der Waals surface area contributed by atoms with Gasteiger partial charge in [-0.05, 0) is 21.5 Å². The Bertz CT molecular complexity index is 431. The number of rotatable bonds is 3. The van der Waals surface area contributed by atoms with E-state index < -0.39 is 0 Å². The maximum absolute atomic E-state index is 4.23. The summed E-state index contributed by atoms with van der Waals surface area (Å²) in [4.78, 5) is 8.26. The quantitative estimate of drug-likeness (QED) is 0.926. The highest BCUT2D eigenvalue weighted by atomic mass is 79.9. The summed E-state index contributed by atoms with van der Waals surface area (Å²) in [6, 6.07) is 10.2. The monoisotopic (exact) mass is 263 g/mol. The van der Waals surface area contributed by atoms with Crippen LogP contribution < -0.4 is 5.32 Å². The van der Waals surface area contributed by atoms with Gasteiger partial charge in [0.25, 0.3) is 0 Å². The number of hydrogen-bond donors (Lipinski definition) is 1. The Morgan fingerprint density at radius 1 is 1.13 bits per heavy atom. The highest BCUT2D eigenvalue weighted by Crippen LogP contribution is 2.09. The maximum atomic E-state index is 4.23. The van der Waals surface area contributed by atoms with Crippen molar-refractivity contribution in [3.05, 3.63) is 52.9 Å². The summed E-state index contributed by atoms with van der Waals surface area (Å²) < 4.78 is 0.737. The lowest BCUT2D eigenvalue weighted by Gasteiger charge is -2.04. The van der Waals surface area contributed by atoms with Crippen molar-refractivity contribution >= 4 is 21.7 Å². The summed E-state index contributed by atoms with van der Waals surface area (Å²) in [5.41, 5.74) is 1.22. The topological polar surface area (TPSA) is 37.8 Å². The summed E-state index contributed by atoms with van der Waals surface area (Å²) in [7, 11) is 0.